The lowest BCUT2D eigenvalue weighted by molar-refractivity contribution is 0.245. The summed E-state index contributed by atoms with van der Waals surface area (Å²) in [5, 5.41) is 10.00. The zero-order valence-corrected chi connectivity index (χ0v) is 15.6. The van der Waals surface area contributed by atoms with Gasteiger partial charge in [-0.2, -0.15) is 0 Å². The first kappa shape index (κ1) is 18.6. The van der Waals surface area contributed by atoms with Crippen molar-refractivity contribution in [2.75, 3.05) is 26.2 Å². The zero-order chi connectivity index (χ0) is 19.5. The molecule has 28 heavy (non-hydrogen) atoms. The van der Waals surface area contributed by atoms with Gasteiger partial charge in [-0.1, -0.05) is 12.1 Å². The van der Waals surface area contributed by atoms with Crippen molar-refractivity contribution in [1.82, 2.24) is 19.2 Å². The lowest BCUT2D eigenvalue weighted by atomic mass is 10.2. The fraction of sp³-hybridized carbons (Fsp3) is 0.333. The largest absolute Gasteiger partial charge is 0.504 e. The highest BCUT2D eigenvalue weighted by Gasteiger charge is 2.16. The fourth-order valence-electron chi connectivity index (χ4n) is 3.66. The van der Waals surface area contributed by atoms with Gasteiger partial charge in [-0.05, 0) is 49.3 Å². The molecule has 7 heteroatoms. The van der Waals surface area contributed by atoms with Crippen LogP contribution in [0.5, 0.6) is 5.75 Å². The van der Waals surface area contributed by atoms with Crippen molar-refractivity contribution in [2.24, 2.45) is 0 Å². The molecule has 0 amide bonds. The van der Waals surface area contributed by atoms with E-state index in [1.807, 2.05) is 12.1 Å². The molecule has 3 heterocycles. The molecule has 3 aromatic rings. The van der Waals surface area contributed by atoms with Crippen molar-refractivity contribution in [2.45, 2.75) is 19.5 Å². The van der Waals surface area contributed by atoms with Gasteiger partial charge in [0, 0.05) is 38.4 Å². The molecule has 1 aliphatic rings. The Kier molecular flexibility index (Phi) is 5.36. The number of halogens is 1. The van der Waals surface area contributed by atoms with Crippen LogP contribution in [0.2, 0.25) is 0 Å². The minimum atomic E-state index is -0.212. The van der Waals surface area contributed by atoms with E-state index in [1.165, 1.54) is 28.7 Å². The first-order chi connectivity index (χ1) is 13.6. The first-order valence-electron chi connectivity index (χ1n) is 9.48. The summed E-state index contributed by atoms with van der Waals surface area (Å²) in [6, 6.07) is 11.3. The molecule has 1 aliphatic heterocycles. The van der Waals surface area contributed by atoms with E-state index < -0.39 is 0 Å². The molecule has 0 atom stereocenters. The Bertz CT molecular complexity index is 1020. The van der Waals surface area contributed by atoms with Crippen molar-refractivity contribution in [1.29, 1.82) is 0 Å². The molecule has 0 saturated carbocycles. The van der Waals surface area contributed by atoms with E-state index in [-0.39, 0.29) is 22.8 Å². The quantitative estimate of drug-likeness (QED) is 0.750. The van der Waals surface area contributed by atoms with Crippen LogP contribution in [0.3, 0.4) is 0 Å². The number of aromatic hydroxyl groups is 1. The average molecular weight is 382 g/mol. The van der Waals surface area contributed by atoms with Gasteiger partial charge >= 0.3 is 0 Å². The van der Waals surface area contributed by atoms with Crippen molar-refractivity contribution < 1.29 is 9.50 Å². The molecule has 146 valence electrons. The number of hydrogen-bond acceptors (Lipinski definition) is 5. The van der Waals surface area contributed by atoms with Crippen molar-refractivity contribution >= 4 is 5.65 Å². The second kappa shape index (κ2) is 8.08. The number of aromatic nitrogens is 2. The molecular weight excluding hydrogens is 359 g/mol. The van der Waals surface area contributed by atoms with Crippen LogP contribution in [0.1, 0.15) is 17.7 Å². The molecule has 1 fully saturated rings. The SMILES string of the molecule is O=c1cc(CN2CCCN(Cc3ccc(F)cc3)CC2)nc2c(O)cccn12. The van der Waals surface area contributed by atoms with E-state index in [0.29, 0.717) is 12.2 Å². The Labute approximate surface area is 162 Å². The van der Waals surface area contributed by atoms with Gasteiger partial charge in [0.15, 0.2) is 11.4 Å². The smallest absolute Gasteiger partial charge is 0.258 e. The summed E-state index contributed by atoms with van der Waals surface area (Å²) in [6.45, 7) is 5.03. The van der Waals surface area contributed by atoms with Crippen molar-refractivity contribution in [3.8, 4) is 5.75 Å². The number of pyridine rings is 1. The molecular formula is C21H23FN4O2. The first-order valence-corrected chi connectivity index (χ1v) is 9.48. The summed E-state index contributed by atoms with van der Waals surface area (Å²) < 4.78 is 14.4. The van der Waals surface area contributed by atoms with E-state index in [4.69, 9.17) is 0 Å². The third-order valence-electron chi connectivity index (χ3n) is 5.11. The number of hydrogen-bond donors (Lipinski definition) is 1. The van der Waals surface area contributed by atoms with Gasteiger partial charge in [0.25, 0.3) is 5.56 Å². The third kappa shape index (κ3) is 4.21. The number of benzene rings is 1. The van der Waals surface area contributed by atoms with Gasteiger partial charge in [0.1, 0.15) is 5.82 Å². The highest BCUT2D eigenvalue weighted by Crippen LogP contribution is 2.15. The lowest BCUT2D eigenvalue weighted by Gasteiger charge is -2.21. The third-order valence-corrected chi connectivity index (χ3v) is 5.11. The molecule has 1 aromatic carbocycles. The molecule has 0 bridgehead atoms. The van der Waals surface area contributed by atoms with Crippen LogP contribution in [0.4, 0.5) is 4.39 Å². The summed E-state index contributed by atoms with van der Waals surface area (Å²) in [4.78, 5) is 21.4. The van der Waals surface area contributed by atoms with Crippen LogP contribution in [-0.4, -0.2) is 50.5 Å². The monoisotopic (exact) mass is 382 g/mol. The summed E-state index contributed by atoms with van der Waals surface area (Å²) >= 11 is 0. The maximum absolute atomic E-state index is 13.1. The Balaban J connectivity index is 1.42. The Hall–Kier alpha value is -2.77. The van der Waals surface area contributed by atoms with Crippen LogP contribution in [0.25, 0.3) is 5.65 Å². The van der Waals surface area contributed by atoms with Crippen LogP contribution < -0.4 is 5.56 Å². The van der Waals surface area contributed by atoms with Gasteiger partial charge in [0.2, 0.25) is 0 Å². The Morgan fingerprint density at radius 2 is 1.71 bits per heavy atom. The minimum Gasteiger partial charge on any atom is -0.504 e. The summed E-state index contributed by atoms with van der Waals surface area (Å²) in [6.07, 6.45) is 2.62. The Morgan fingerprint density at radius 3 is 2.46 bits per heavy atom. The zero-order valence-electron chi connectivity index (χ0n) is 15.6. The number of fused-ring (bicyclic) bond motifs is 1. The summed E-state index contributed by atoms with van der Waals surface area (Å²) in [7, 11) is 0. The number of nitrogens with zero attached hydrogens (tertiary/aromatic N) is 4. The van der Waals surface area contributed by atoms with Gasteiger partial charge in [-0.3, -0.25) is 19.0 Å². The number of rotatable bonds is 4. The van der Waals surface area contributed by atoms with Crippen LogP contribution in [-0.2, 0) is 13.1 Å². The van der Waals surface area contributed by atoms with Gasteiger partial charge in [0.05, 0.1) is 5.69 Å². The highest BCUT2D eigenvalue weighted by molar-refractivity contribution is 5.52. The molecule has 1 saturated heterocycles. The average Bonchev–Trinajstić information content (AvgIpc) is 2.90. The molecule has 0 spiro atoms. The second-order valence-corrected chi connectivity index (χ2v) is 7.21. The maximum atomic E-state index is 13.1. The van der Waals surface area contributed by atoms with Crippen LogP contribution in [0, 0.1) is 5.82 Å². The summed E-state index contributed by atoms with van der Waals surface area (Å²) in [5.74, 6) is -0.210. The molecule has 4 rings (SSSR count). The molecule has 6 nitrogen and oxygen atoms in total. The van der Waals surface area contributed by atoms with E-state index in [2.05, 4.69) is 14.8 Å². The van der Waals surface area contributed by atoms with E-state index >= 15 is 0 Å². The maximum Gasteiger partial charge on any atom is 0.258 e. The van der Waals surface area contributed by atoms with Crippen LogP contribution >= 0.6 is 0 Å². The van der Waals surface area contributed by atoms with Gasteiger partial charge < -0.3 is 5.11 Å². The summed E-state index contributed by atoms with van der Waals surface area (Å²) in [5.41, 5.74) is 1.87. The van der Waals surface area contributed by atoms with Crippen molar-refractivity contribution in [3.63, 3.8) is 0 Å². The topological polar surface area (TPSA) is 61.1 Å². The highest BCUT2D eigenvalue weighted by atomic mass is 19.1. The van der Waals surface area contributed by atoms with Gasteiger partial charge in [-0.25, -0.2) is 9.37 Å². The minimum absolute atomic E-state index is 0.00258. The van der Waals surface area contributed by atoms with Crippen LogP contribution in [0.15, 0.2) is 53.5 Å². The standard InChI is InChI=1S/C21H23FN4O2/c22-17-6-4-16(5-7-17)14-24-8-2-9-25(12-11-24)15-18-13-20(28)26-10-1-3-19(27)21(26)23-18/h1,3-7,10,13,27H,2,8-9,11-12,14-15H2. The predicted octanol–water partition coefficient (Wildman–Crippen LogP) is 2.25. The normalized spacial score (nSPS) is 16.3. The lowest BCUT2D eigenvalue weighted by Crippen LogP contribution is -2.31. The van der Waals surface area contributed by atoms with E-state index in [0.717, 1.165) is 44.7 Å². The van der Waals surface area contributed by atoms with E-state index in [1.54, 1.807) is 12.3 Å². The Morgan fingerprint density at radius 1 is 1.00 bits per heavy atom. The van der Waals surface area contributed by atoms with Gasteiger partial charge in [-0.15, -0.1) is 0 Å². The fourth-order valence-corrected chi connectivity index (χ4v) is 3.66. The molecule has 1 N–H and O–H groups in total. The van der Waals surface area contributed by atoms with E-state index in [9.17, 15) is 14.3 Å². The molecule has 0 radical (unpaired) electrons. The second-order valence-electron chi connectivity index (χ2n) is 7.21. The van der Waals surface area contributed by atoms with Crippen molar-refractivity contribution in [3.05, 3.63) is 76.1 Å². The molecule has 0 unspecified atom stereocenters. The molecule has 2 aromatic heterocycles. The predicted molar refractivity (Wildman–Crippen MR) is 105 cm³/mol. The molecule has 0 aliphatic carbocycles.